The van der Waals surface area contributed by atoms with E-state index in [0.29, 0.717) is 5.56 Å². The van der Waals surface area contributed by atoms with Crippen molar-refractivity contribution < 1.29 is 22.0 Å². The summed E-state index contributed by atoms with van der Waals surface area (Å²) in [6.45, 7) is 4.17. The van der Waals surface area contributed by atoms with Crippen molar-refractivity contribution in [3.8, 4) is 28.3 Å². The van der Waals surface area contributed by atoms with Gasteiger partial charge in [-0.2, -0.15) is 5.26 Å². The molecule has 0 fully saturated rings. The molecule has 2 aliphatic heterocycles. The van der Waals surface area contributed by atoms with Crippen LogP contribution in [0.1, 0.15) is 90.9 Å². The topological polar surface area (TPSA) is 79.4 Å². The summed E-state index contributed by atoms with van der Waals surface area (Å²) in [6.07, 6.45) is 0. The summed E-state index contributed by atoms with van der Waals surface area (Å²) < 4.78 is 51.6. The molecule has 3 aromatic heterocycles. The molecule has 4 aliphatic rings. The fraction of sp³-hybridized carbons (Fsp3) is 0.0576. The van der Waals surface area contributed by atoms with E-state index in [1.54, 1.807) is 0 Å². The lowest BCUT2D eigenvalue weighted by atomic mass is 9.64. The van der Waals surface area contributed by atoms with Gasteiger partial charge in [0.05, 0.1) is 79.3 Å². The van der Waals surface area contributed by atoms with Gasteiger partial charge < -0.3 is 37.8 Å². The van der Waals surface area contributed by atoms with Gasteiger partial charge in [-0.05, 0) is 282 Å². The smallest absolute Gasteiger partial charge is 0.159 e. The van der Waals surface area contributed by atoms with Gasteiger partial charge in [0.2, 0.25) is 0 Å². The number of aryl methyl sites for hydroxylation is 2. The van der Waals surface area contributed by atoms with Crippen LogP contribution in [0.4, 0.5) is 94.1 Å². The van der Waals surface area contributed by atoms with E-state index in [9.17, 15) is 5.26 Å². The molecule has 26 aromatic rings. The van der Waals surface area contributed by atoms with E-state index in [1.165, 1.54) is 73.8 Å². The summed E-state index contributed by atoms with van der Waals surface area (Å²) in [7, 11) is 0. The second kappa shape index (κ2) is 35.7. The van der Waals surface area contributed by atoms with Crippen molar-refractivity contribution in [1.82, 2.24) is 0 Å². The molecule has 2 aliphatic carbocycles. The predicted octanol–water partition coefficient (Wildman–Crippen LogP) is 39.7. The van der Waals surface area contributed by atoms with E-state index in [1.807, 2.05) is 48.5 Å². The van der Waals surface area contributed by atoms with E-state index >= 15 is 8.78 Å². The van der Waals surface area contributed by atoms with Gasteiger partial charge in [0.15, 0.2) is 16.7 Å². The van der Waals surface area contributed by atoms with Crippen LogP contribution in [0.2, 0.25) is 0 Å². The maximum Gasteiger partial charge on any atom is 0.159 e. The van der Waals surface area contributed by atoms with E-state index in [-0.39, 0.29) is 41.3 Å². The van der Waals surface area contributed by atoms with Crippen molar-refractivity contribution in [3.63, 3.8) is 0 Å². The first-order chi connectivity index (χ1) is 72.1. The standard InChI is InChI=1S/C77H49F2N3O2.C58H35N3O.4CH4/c1-46-18-14-26-57-59-28-16-34-67(75(59)83-73(46)57)81(51-40-36-48(78)37-41-51)69-44-63-71(55-24-8-6-22-53(55)69)72-56-25-9-7-23-54(56)70(82(52-42-38-49(79)39-43-52)68-35-17-29-60-58-27-15-19-47(2)74(58)84-76(60)68)45-64(72)77(63)61-30-10-12-32-65(61)80(50-20-4-3-5-21-50)66-33-13-11-31-62(66)77;59-36-37-29-32-40(33-30-37)61(52-27-14-22-45-43-20-8-13-28-54(43)62-57(45)52)53-35-49-56(44-21-7-6-19-42(44)53)55-41-18-5-4-15-38(41)31-34-48(55)58(49)46-23-9-11-25-50(46)60(39-16-2-1-3-17-39)51-26-12-10-24-47(51)58;;;;/h3-45H,1-2H3;1-35H;4*1H4. The molecule has 0 radical (unpaired) electrons. The molecular formula is C139H100F2N6O3. The van der Waals surface area contributed by atoms with E-state index in [0.717, 1.165) is 223 Å². The van der Waals surface area contributed by atoms with E-state index in [4.69, 9.17) is 13.3 Å². The zero-order valence-electron chi connectivity index (χ0n) is 79.2. The van der Waals surface area contributed by atoms with Gasteiger partial charge in [0, 0.05) is 76.9 Å². The Morgan fingerprint density at radius 1 is 0.233 bits per heavy atom. The van der Waals surface area contributed by atoms with Gasteiger partial charge in [-0.25, -0.2) is 8.78 Å². The summed E-state index contributed by atoms with van der Waals surface area (Å²) in [5.74, 6) is -0.654. The number of furan rings is 3. The van der Waals surface area contributed by atoms with Crippen LogP contribution in [-0.2, 0) is 10.8 Å². The molecule has 9 nitrogen and oxygen atoms in total. The fourth-order valence-electron chi connectivity index (χ4n) is 25.1. The van der Waals surface area contributed by atoms with Gasteiger partial charge in [0.25, 0.3) is 0 Å². The van der Waals surface area contributed by atoms with Gasteiger partial charge in [-0.15, -0.1) is 0 Å². The largest absolute Gasteiger partial charge is 0.454 e. The van der Waals surface area contributed by atoms with Crippen molar-refractivity contribution in [2.24, 2.45) is 0 Å². The molecule has 150 heavy (non-hydrogen) atoms. The monoisotopic (exact) mass is 1940 g/mol. The van der Waals surface area contributed by atoms with E-state index < -0.39 is 10.8 Å². The van der Waals surface area contributed by atoms with Crippen LogP contribution in [0.15, 0.2) is 486 Å². The normalized spacial score (nSPS) is 12.8. The molecule has 718 valence electrons. The maximum absolute atomic E-state index is 15.4. The zero-order chi connectivity index (χ0) is 96.9. The number of hydrogen-bond acceptors (Lipinski definition) is 9. The summed E-state index contributed by atoms with van der Waals surface area (Å²) in [4.78, 5) is 11.7. The van der Waals surface area contributed by atoms with Gasteiger partial charge >= 0.3 is 0 Å². The zero-order valence-corrected chi connectivity index (χ0v) is 79.2. The van der Waals surface area contributed by atoms with E-state index in [2.05, 4.69) is 445 Å². The third-order valence-electron chi connectivity index (χ3n) is 31.0. The Kier molecular flexibility index (Phi) is 21.9. The molecule has 0 N–H and O–H groups in total. The number of rotatable bonds is 11. The lowest BCUT2D eigenvalue weighted by Gasteiger charge is -2.45. The van der Waals surface area contributed by atoms with Gasteiger partial charge in [0.1, 0.15) is 28.4 Å². The Bertz CT molecular complexity index is 9660. The number of nitriles is 1. The molecule has 0 saturated carbocycles. The molecule has 2 spiro atoms. The summed E-state index contributed by atoms with van der Waals surface area (Å²) in [5.41, 5.74) is 34.2. The molecule has 30 rings (SSSR count). The fourth-order valence-corrected chi connectivity index (χ4v) is 25.1. The highest BCUT2D eigenvalue weighted by Crippen LogP contribution is 2.71. The maximum atomic E-state index is 15.4. The van der Waals surface area contributed by atoms with Crippen LogP contribution in [0, 0.1) is 36.8 Å². The first-order valence-corrected chi connectivity index (χ1v) is 49.5. The molecule has 0 atom stereocenters. The average molecular weight is 1940 g/mol. The van der Waals surface area contributed by atoms with Crippen LogP contribution in [0.3, 0.4) is 0 Å². The molecule has 11 heteroatoms. The molecule has 0 bridgehead atoms. The molecule has 0 amide bonds. The number of nitrogens with zero attached hydrogens (tertiary/aromatic N) is 6. The number of fused-ring (bicyclic) bond motifs is 35. The number of benzene rings is 23. The van der Waals surface area contributed by atoms with Gasteiger partial charge in [-0.1, -0.05) is 339 Å². The third-order valence-corrected chi connectivity index (χ3v) is 31.0. The Hall–Kier alpha value is -19.2. The highest BCUT2D eigenvalue weighted by atomic mass is 19.1. The molecule has 0 saturated heterocycles. The number of para-hydroxylation sites is 12. The molecule has 5 heterocycles. The lowest BCUT2D eigenvalue weighted by molar-refractivity contribution is 0.627. The summed E-state index contributed by atoms with van der Waals surface area (Å²) in [6, 6.07) is 168. The minimum Gasteiger partial charge on any atom is -0.454 e. The minimum absolute atomic E-state index is 0. The second-order valence-electron chi connectivity index (χ2n) is 38.5. The van der Waals surface area contributed by atoms with Crippen LogP contribution < -0.4 is 24.5 Å². The first-order valence-electron chi connectivity index (χ1n) is 49.5. The highest BCUT2D eigenvalue weighted by molar-refractivity contribution is 6.24. The van der Waals surface area contributed by atoms with Gasteiger partial charge in [-0.3, -0.25) is 0 Å². The van der Waals surface area contributed by atoms with Crippen molar-refractivity contribution >= 4 is 194 Å². The molecule has 23 aromatic carbocycles. The first kappa shape index (κ1) is 92.0. The van der Waals surface area contributed by atoms with Crippen LogP contribution in [0.5, 0.6) is 0 Å². The SMILES string of the molecule is C.C.C.C.Cc1cccc2c1oc1c(N(c3ccc(F)cc3)c3cc4c(c5ccccc35)-c3c(cc(N(c5ccc(F)cc5)c5cccc6c5oc5c(C)cccc56)c5ccccc35)C43c4ccccc4N(c4ccccc4)c4ccccc43)cccc12.N#Cc1ccc(N(c2cc3c(c4ccccc24)-c2c(ccc4ccccc24)C32c3ccccc3N(c3ccccc3)c3ccccc32)c2cccc3c2oc2ccccc23)cc1. The van der Waals surface area contributed by atoms with Crippen LogP contribution in [0.25, 0.3) is 131 Å². The summed E-state index contributed by atoms with van der Waals surface area (Å²) >= 11 is 0. The van der Waals surface area contributed by atoms with Crippen molar-refractivity contribution in [2.75, 3.05) is 24.5 Å². The molecular weight excluding hydrogens is 1840 g/mol. The van der Waals surface area contributed by atoms with Crippen LogP contribution >= 0.6 is 0 Å². The van der Waals surface area contributed by atoms with Crippen molar-refractivity contribution in [3.05, 3.63) is 546 Å². The molecule has 0 unspecified atom stereocenters. The van der Waals surface area contributed by atoms with Crippen molar-refractivity contribution in [2.45, 2.75) is 54.4 Å². The predicted molar refractivity (Wildman–Crippen MR) is 621 cm³/mol. The number of anilines is 15. The lowest BCUT2D eigenvalue weighted by Crippen LogP contribution is -2.36. The Balaban J connectivity index is 0.000000158. The third kappa shape index (κ3) is 13.2. The Labute approximate surface area is 868 Å². The Morgan fingerprint density at radius 2 is 0.527 bits per heavy atom. The number of hydrogen-bond donors (Lipinski definition) is 0. The minimum atomic E-state index is -1.01. The number of halogens is 2. The average Bonchev–Trinajstić information content (AvgIpc) is 1.30. The van der Waals surface area contributed by atoms with Crippen molar-refractivity contribution in [1.29, 1.82) is 5.26 Å². The van der Waals surface area contributed by atoms with Crippen LogP contribution in [-0.4, -0.2) is 0 Å². The quantitative estimate of drug-likeness (QED) is 0.126. The summed E-state index contributed by atoms with van der Waals surface area (Å²) in [5, 5.41) is 24.9. The highest BCUT2D eigenvalue weighted by Gasteiger charge is 2.56. The Morgan fingerprint density at radius 3 is 0.920 bits per heavy atom. The second-order valence-corrected chi connectivity index (χ2v) is 38.5.